The molecule has 0 unspecified atom stereocenters. The Morgan fingerprint density at radius 1 is 1.14 bits per heavy atom. The second-order valence-corrected chi connectivity index (χ2v) is 5.96. The third kappa shape index (κ3) is 6.26. The average molecular weight is 307 g/mol. The van der Waals surface area contributed by atoms with E-state index in [1.165, 1.54) is 0 Å². The van der Waals surface area contributed by atoms with Gasteiger partial charge in [0.2, 0.25) is 0 Å². The second-order valence-electron chi connectivity index (χ2n) is 5.96. The SMILES string of the molecule is CC(C)N[C@@H](Cc1ccc(OCC(=O)O)cc1)C(=O)C(C)C. The van der Waals surface area contributed by atoms with Gasteiger partial charge in [0.25, 0.3) is 0 Å². The van der Waals surface area contributed by atoms with E-state index in [0.717, 1.165) is 5.56 Å². The molecule has 0 spiro atoms. The largest absolute Gasteiger partial charge is 0.482 e. The van der Waals surface area contributed by atoms with Crippen molar-refractivity contribution in [3.05, 3.63) is 29.8 Å². The van der Waals surface area contributed by atoms with E-state index in [1.54, 1.807) is 12.1 Å². The fraction of sp³-hybridized carbons (Fsp3) is 0.529. The number of nitrogens with one attached hydrogen (secondary N) is 1. The Morgan fingerprint density at radius 3 is 2.18 bits per heavy atom. The van der Waals surface area contributed by atoms with Crippen LogP contribution < -0.4 is 10.1 Å². The molecule has 1 aromatic rings. The minimum absolute atomic E-state index is 0.0191. The first-order valence-corrected chi connectivity index (χ1v) is 7.53. The van der Waals surface area contributed by atoms with Crippen LogP contribution in [0.5, 0.6) is 5.75 Å². The molecule has 0 radical (unpaired) electrons. The number of carboxylic acids is 1. The quantitative estimate of drug-likeness (QED) is 0.732. The maximum absolute atomic E-state index is 12.3. The van der Waals surface area contributed by atoms with Crippen molar-refractivity contribution in [1.82, 2.24) is 5.32 Å². The first-order chi connectivity index (χ1) is 10.3. The van der Waals surface area contributed by atoms with E-state index in [0.29, 0.717) is 12.2 Å². The van der Waals surface area contributed by atoms with Crippen molar-refractivity contribution in [2.75, 3.05) is 6.61 Å². The normalized spacial score (nSPS) is 12.5. The first kappa shape index (κ1) is 18.2. The lowest BCUT2D eigenvalue weighted by molar-refractivity contribution is -0.139. The van der Waals surface area contributed by atoms with E-state index in [9.17, 15) is 9.59 Å². The molecule has 5 nitrogen and oxygen atoms in total. The van der Waals surface area contributed by atoms with Crippen molar-refractivity contribution in [2.45, 2.75) is 46.2 Å². The van der Waals surface area contributed by atoms with Crippen molar-refractivity contribution < 1.29 is 19.4 Å². The minimum atomic E-state index is -1.01. The molecule has 1 rings (SSSR count). The summed E-state index contributed by atoms with van der Waals surface area (Å²) >= 11 is 0. The van der Waals surface area contributed by atoms with Crippen LogP contribution in [0.3, 0.4) is 0 Å². The van der Waals surface area contributed by atoms with Crippen molar-refractivity contribution in [3.8, 4) is 5.75 Å². The average Bonchev–Trinajstić information content (AvgIpc) is 2.44. The maximum atomic E-state index is 12.3. The Labute approximate surface area is 131 Å². The van der Waals surface area contributed by atoms with Gasteiger partial charge in [-0.1, -0.05) is 39.8 Å². The van der Waals surface area contributed by atoms with E-state index in [2.05, 4.69) is 5.32 Å². The van der Waals surface area contributed by atoms with Crippen LogP contribution in [0.25, 0.3) is 0 Å². The molecule has 0 fully saturated rings. The highest BCUT2D eigenvalue weighted by Crippen LogP contribution is 2.15. The van der Waals surface area contributed by atoms with Gasteiger partial charge in [0.15, 0.2) is 12.4 Å². The smallest absolute Gasteiger partial charge is 0.341 e. The highest BCUT2D eigenvalue weighted by molar-refractivity contribution is 5.86. The fourth-order valence-electron chi connectivity index (χ4n) is 2.15. The number of ether oxygens (including phenoxy) is 1. The zero-order valence-electron chi connectivity index (χ0n) is 13.6. The Kier molecular flexibility index (Phi) is 7.05. The lowest BCUT2D eigenvalue weighted by atomic mass is 9.95. The number of ketones is 1. The van der Waals surface area contributed by atoms with E-state index in [4.69, 9.17) is 9.84 Å². The number of benzene rings is 1. The summed E-state index contributed by atoms with van der Waals surface area (Å²) in [4.78, 5) is 22.7. The maximum Gasteiger partial charge on any atom is 0.341 e. The van der Waals surface area contributed by atoms with E-state index in [1.807, 2.05) is 39.8 Å². The summed E-state index contributed by atoms with van der Waals surface area (Å²) in [7, 11) is 0. The standard InChI is InChI=1S/C17H25NO4/c1-11(2)17(21)15(18-12(3)4)9-13-5-7-14(8-6-13)22-10-16(19)20/h5-8,11-12,15,18H,9-10H2,1-4H3,(H,19,20)/t15-/m0/s1. The molecule has 22 heavy (non-hydrogen) atoms. The lowest BCUT2D eigenvalue weighted by Crippen LogP contribution is -2.44. The summed E-state index contributed by atoms with van der Waals surface area (Å²) in [6.07, 6.45) is 0.606. The second kappa shape index (κ2) is 8.54. The number of carbonyl (C=O) groups is 2. The molecule has 1 aromatic carbocycles. The number of aliphatic carboxylic acids is 1. The van der Waals surface area contributed by atoms with Crippen LogP contribution in [0.4, 0.5) is 0 Å². The van der Waals surface area contributed by atoms with Gasteiger partial charge < -0.3 is 15.2 Å². The molecule has 0 amide bonds. The molecule has 0 saturated heterocycles. The van der Waals surface area contributed by atoms with Crippen molar-refractivity contribution in [1.29, 1.82) is 0 Å². The number of rotatable bonds is 9. The van der Waals surface area contributed by atoms with Crippen LogP contribution in [0.15, 0.2) is 24.3 Å². The predicted octanol–water partition coefficient (Wildman–Crippen LogP) is 2.28. The molecule has 0 saturated carbocycles. The molecule has 1 atom stereocenters. The van der Waals surface area contributed by atoms with Crippen LogP contribution in [0.2, 0.25) is 0 Å². The third-order valence-electron chi connectivity index (χ3n) is 3.17. The molecular weight excluding hydrogens is 282 g/mol. The van der Waals surface area contributed by atoms with E-state index >= 15 is 0 Å². The van der Waals surface area contributed by atoms with Gasteiger partial charge in [-0.25, -0.2) is 4.79 Å². The summed E-state index contributed by atoms with van der Waals surface area (Å²) in [6, 6.07) is 7.19. The number of carbonyl (C=O) groups excluding carboxylic acids is 1. The van der Waals surface area contributed by atoms with Gasteiger partial charge >= 0.3 is 5.97 Å². The Bertz CT molecular complexity index is 494. The zero-order chi connectivity index (χ0) is 16.7. The van der Waals surface area contributed by atoms with Crippen molar-refractivity contribution >= 4 is 11.8 Å². The third-order valence-corrected chi connectivity index (χ3v) is 3.17. The Morgan fingerprint density at radius 2 is 1.73 bits per heavy atom. The summed E-state index contributed by atoms with van der Waals surface area (Å²) < 4.78 is 5.10. The number of hydrogen-bond donors (Lipinski definition) is 2. The minimum Gasteiger partial charge on any atom is -0.482 e. The van der Waals surface area contributed by atoms with Crippen LogP contribution in [0, 0.1) is 5.92 Å². The van der Waals surface area contributed by atoms with Gasteiger partial charge in [0.1, 0.15) is 5.75 Å². The molecule has 0 bridgehead atoms. The first-order valence-electron chi connectivity index (χ1n) is 7.53. The van der Waals surface area contributed by atoms with Crippen molar-refractivity contribution in [3.63, 3.8) is 0 Å². The summed E-state index contributed by atoms with van der Waals surface area (Å²) in [5.41, 5.74) is 1.01. The fourth-order valence-corrected chi connectivity index (χ4v) is 2.15. The molecule has 0 aliphatic rings. The molecule has 122 valence electrons. The number of hydrogen-bond acceptors (Lipinski definition) is 4. The molecule has 0 aliphatic carbocycles. The summed E-state index contributed by atoms with van der Waals surface area (Å²) in [6.45, 7) is 7.48. The summed E-state index contributed by atoms with van der Waals surface area (Å²) in [5.74, 6) is -0.322. The van der Waals surface area contributed by atoms with Gasteiger partial charge in [-0.3, -0.25) is 4.79 Å². The number of carboxylic acid groups (broad SMARTS) is 1. The molecule has 0 aromatic heterocycles. The van der Waals surface area contributed by atoms with Gasteiger partial charge in [-0.05, 0) is 24.1 Å². The Hall–Kier alpha value is -1.88. The van der Waals surface area contributed by atoms with Crippen LogP contribution in [-0.4, -0.2) is 35.5 Å². The molecular formula is C17H25NO4. The highest BCUT2D eigenvalue weighted by Gasteiger charge is 2.22. The molecule has 0 aliphatic heterocycles. The van der Waals surface area contributed by atoms with Gasteiger partial charge in [-0.15, -0.1) is 0 Å². The lowest BCUT2D eigenvalue weighted by Gasteiger charge is -2.22. The van der Waals surface area contributed by atoms with Gasteiger partial charge in [0, 0.05) is 12.0 Å². The topological polar surface area (TPSA) is 75.6 Å². The van der Waals surface area contributed by atoms with E-state index in [-0.39, 0.29) is 30.4 Å². The highest BCUT2D eigenvalue weighted by atomic mass is 16.5. The molecule has 5 heteroatoms. The molecule has 0 heterocycles. The number of Topliss-reactive ketones (excluding diaryl/α,β-unsaturated/α-hetero) is 1. The van der Waals surface area contributed by atoms with E-state index < -0.39 is 5.97 Å². The van der Waals surface area contributed by atoms with Crippen LogP contribution in [0.1, 0.15) is 33.3 Å². The monoisotopic (exact) mass is 307 g/mol. The van der Waals surface area contributed by atoms with Gasteiger partial charge in [0.05, 0.1) is 6.04 Å². The Balaban J connectivity index is 2.72. The zero-order valence-corrected chi connectivity index (χ0v) is 13.6. The van der Waals surface area contributed by atoms with Gasteiger partial charge in [-0.2, -0.15) is 0 Å². The van der Waals surface area contributed by atoms with Crippen LogP contribution in [-0.2, 0) is 16.0 Å². The van der Waals surface area contributed by atoms with Crippen molar-refractivity contribution in [2.24, 2.45) is 5.92 Å². The predicted molar refractivity (Wildman–Crippen MR) is 85.2 cm³/mol. The summed E-state index contributed by atoms with van der Waals surface area (Å²) in [5, 5.41) is 11.9. The van der Waals surface area contributed by atoms with Crippen LogP contribution >= 0.6 is 0 Å². The molecule has 2 N–H and O–H groups in total.